The van der Waals surface area contributed by atoms with E-state index in [4.69, 9.17) is 5.11 Å². The summed E-state index contributed by atoms with van der Waals surface area (Å²) in [6.07, 6.45) is -4.87. The van der Waals surface area contributed by atoms with Gasteiger partial charge in [-0.05, 0) is 18.2 Å². The van der Waals surface area contributed by atoms with Gasteiger partial charge in [-0.2, -0.15) is 0 Å². The highest BCUT2D eigenvalue weighted by molar-refractivity contribution is 5.86. The van der Waals surface area contributed by atoms with Crippen molar-refractivity contribution in [2.75, 3.05) is 0 Å². The molecule has 0 saturated heterocycles. The van der Waals surface area contributed by atoms with Gasteiger partial charge in [0.25, 0.3) is 5.56 Å². The molecule has 0 radical (unpaired) electrons. The largest absolute Gasteiger partial charge is 0.573 e. The highest BCUT2D eigenvalue weighted by atomic mass is 19.4. The number of nitrogens with zero attached hydrogens (tertiary/aromatic N) is 1. The predicted molar refractivity (Wildman–Crippen MR) is 62.5 cm³/mol. The van der Waals surface area contributed by atoms with E-state index in [-0.39, 0.29) is 10.9 Å². The number of hydrogen-bond acceptors (Lipinski definition) is 3. The quantitative estimate of drug-likeness (QED) is 0.937. The molecule has 8 heteroatoms. The number of alkyl halides is 3. The number of fused-ring (bicyclic) bond motifs is 1. The molecule has 0 aliphatic heterocycles. The van der Waals surface area contributed by atoms with Crippen LogP contribution in [0.5, 0.6) is 5.75 Å². The minimum absolute atomic E-state index is 0.00525. The van der Waals surface area contributed by atoms with Crippen LogP contribution in [0.3, 0.4) is 0 Å². The Hall–Kier alpha value is -2.51. The van der Waals surface area contributed by atoms with Crippen LogP contribution < -0.4 is 10.3 Å². The maximum atomic E-state index is 12.3. The molecular formula is C12H8F3NO4. The first-order chi connectivity index (χ1) is 9.28. The van der Waals surface area contributed by atoms with Gasteiger partial charge in [0.15, 0.2) is 0 Å². The van der Waals surface area contributed by atoms with Gasteiger partial charge in [-0.1, -0.05) is 6.07 Å². The molecule has 0 unspecified atom stereocenters. The molecule has 0 spiro atoms. The number of carbonyl (C=O) groups is 1. The van der Waals surface area contributed by atoms with Crippen molar-refractivity contribution in [2.45, 2.75) is 12.9 Å². The number of carboxylic acids is 1. The van der Waals surface area contributed by atoms with Crippen LogP contribution in [0.1, 0.15) is 0 Å². The molecule has 0 aliphatic carbocycles. The average Bonchev–Trinajstić information content (AvgIpc) is 2.31. The first-order valence-corrected chi connectivity index (χ1v) is 5.38. The molecule has 0 aliphatic rings. The second kappa shape index (κ2) is 4.87. The molecule has 1 aromatic heterocycles. The van der Waals surface area contributed by atoms with E-state index in [9.17, 15) is 22.8 Å². The van der Waals surface area contributed by atoms with Crippen molar-refractivity contribution in [2.24, 2.45) is 0 Å². The van der Waals surface area contributed by atoms with Gasteiger partial charge in [0.05, 0.1) is 5.52 Å². The lowest BCUT2D eigenvalue weighted by molar-refractivity contribution is -0.274. The van der Waals surface area contributed by atoms with Gasteiger partial charge in [-0.3, -0.25) is 14.2 Å². The molecule has 20 heavy (non-hydrogen) atoms. The van der Waals surface area contributed by atoms with E-state index in [1.54, 1.807) is 0 Å². The van der Waals surface area contributed by atoms with E-state index >= 15 is 0 Å². The minimum atomic E-state index is -4.87. The summed E-state index contributed by atoms with van der Waals surface area (Å²) in [5.74, 6) is -1.77. The maximum Gasteiger partial charge on any atom is 0.573 e. The maximum absolute atomic E-state index is 12.3. The second-order valence-electron chi connectivity index (χ2n) is 3.89. The Morgan fingerprint density at radius 2 is 1.95 bits per heavy atom. The van der Waals surface area contributed by atoms with Crippen molar-refractivity contribution < 1.29 is 27.8 Å². The topological polar surface area (TPSA) is 68.5 Å². The molecule has 0 saturated carbocycles. The first-order valence-electron chi connectivity index (χ1n) is 5.38. The van der Waals surface area contributed by atoms with E-state index in [0.717, 1.165) is 22.8 Å². The van der Waals surface area contributed by atoms with Crippen molar-refractivity contribution in [3.63, 3.8) is 0 Å². The molecule has 5 nitrogen and oxygen atoms in total. The fourth-order valence-electron chi connectivity index (χ4n) is 1.81. The third-order valence-electron chi connectivity index (χ3n) is 2.51. The zero-order valence-electron chi connectivity index (χ0n) is 9.85. The van der Waals surface area contributed by atoms with Gasteiger partial charge in [0.1, 0.15) is 12.3 Å². The van der Waals surface area contributed by atoms with Gasteiger partial charge < -0.3 is 9.84 Å². The van der Waals surface area contributed by atoms with Crippen LogP contribution in [0.4, 0.5) is 13.2 Å². The Labute approximate surface area is 109 Å². The predicted octanol–water partition coefficient (Wildman–Crippen LogP) is 1.98. The van der Waals surface area contributed by atoms with E-state index in [1.165, 1.54) is 12.1 Å². The monoisotopic (exact) mass is 287 g/mol. The number of rotatable bonds is 3. The number of aromatic nitrogens is 1. The van der Waals surface area contributed by atoms with Gasteiger partial charge in [0, 0.05) is 11.5 Å². The lowest BCUT2D eigenvalue weighted by atomic mass is 10.2. The van der Waals surface area contributed by atoms with Crippen molar-refractivity contribution in [1.82, 2.24) is 4.57 Å². The van der Waals surface area contributed by atoms with E-state index in [1.807, 2.05) is 0 Å². The summed E-state index contributed by atoms with van der Waals surface area (Å²) in [5, 5.41) is 8.74. The SMILES string of the molecule is O=C(O)Cn1c(=O)ccc2c(OC(F)(F)F)cccc21. The number of halogens is 3. The van der Waals surface area contributed by atoms with Crippen molar-refractivity contribution in [3.05, 3.63) is 40.7 Å². The summed E-state index contributed by atoms with van der Waals surface area (Å²) < 4.78 is 41.5. The standard InChI is InChI=1S/C12H8F3NO4/c13-12(14,15)20-9-3-1-2-8-7(9)4-5-10(17)16(8)6-11(18)19/h1-5H,6H2,(H,18,19). The van der Waals surface area contributed by atoms with Gasteiger partial charge in [-0.15, -0.1) is 13.2 Å². The normalized spacial score (nSPS) is 11.6. The number of carboxylic acid groups (broad SMARTS) is 1. The Bertz CT molecular complexity index is 721. The molecule has 0 fully saturated rings. The summed E-state index contributed by atoms with van der Waals surface area (Å²) in [5.41, 5.74) is -0.564. The molecule has 1 aromatic carbocycles. The fourth-order valence-corrected chi connectivity index (χ4v) is 1.81. The zero-order valence-corrected chi connectivity index (χ0v) is 9.85. The number of hydrogen-bond donors (Lipinski definition) is 1. The first kappa shape index (κ1) is 13.9. The molecule has 1 heterocycles. The second-order valence-corrected chi connectivity index (χ2v) is 3.89. The molecule has 1 N–H and O–H groups in total. The number of benzene rings is 1. The Kier molecular flexibility index (Phi) is 3.39. The summed E-state index contributed by atoms with van der Waals surface area (Å²) in [4.78, 5) is 22.3. The minimum Gasteiger partial charge on any atom is -0.480 e. The highest BCUT2D eigenvalue weighted by Gasteiger charge is 2.31. The third kappa shape index (κ3) is 2.90. The van der Waals surface area contributed by atoms with Crippen molar-refractivity contribution >= 4 is 16.9 Å². The van der Waals surface area contributed by atoms with Crippen molar-refractivity contribution in [1.29, 1.82) is 0 Å². The molecule has 106 valence electrons. The molecular weight excluding hydrogens is 279 g/mol. The summed E-state index contributed by atoms with van der Waals surface area (Å²) in [7, 11) is 0. The molecule has 0 amide bonds. The van der Waals surface area contributed by atoms with Gasteiger partial charge >= 0.3 is 12.3 Å². The Morgan fingerprint density at radius 3 is 2.55 bits per heavy atom. The number of pyridine rings is 1. The molecule has 2 rings (SSSR count). The third-order valence-corrected chi connectivity index (χ3v) is 2.51. The number of aliphatic carboxylic acids is 1. The molecule has 2 aromatic rings. The summed E-state index contributed by atoms with van der Waals surface area (Å²) >= 11 is 0. The smallest absolute Gasteiger partial charge is 0.480 e. The van der Waals surface area contributed by atoms with E-state index in [2.05, 4.69) is 4.74 Å². The Balaban J connectivity index is 2.65. The van der Waals surface area contributed by atoms with Crippen LogP contribution in [-0.2, 0) is 11.3 Å². The van der Waals surface area contributed by atoms with Gasteiger partial charge in [-0.25, -0.2) is 0 Å². The summed E-state index contributed by atoms with van der Waals surface area (Å²) in [6, 6.07) is 5.85. The van der Waals surface area contributed by atoms with Crippen LogP contribution in [0.2, 0.25) is 0 Å². The fraction of sp³-hybridized carbons (Fsp3) is 0.167. The number of ether oxygens (including phenoxy) is 1. The Morgan fingerprint density at radius 1 is 1.25 bits per heavy atom. The van der Waals surface area contributed by atoms with Crippen LogP contribution in [0.25, 0.3) is 10.9 Å². The van der Waals surface area contributed by atoms with E-state index in [0.29, 0.717) is 0 Å². The molecule has 0 atom stereocenters. The van der Waals surface area contributed by atoms with Gasteiger partial charge in [0.2, 0.25) is 0 Å². The van der Waals surface area contributed by atoms with Crippen LogP contribution in [0, 0.1) is 0 Å². The lowest BCUT2D eigenvalue weighted by Crippen LogP contribution is -2.24. The van der Waals surface area contributed by atoms with Crippen molar-refractivity contribution in [3.8, 4) is 5.75 Å². The summed E-state index contributed by atoms with van der Waals surface area (Å²) in [6.45, 7) is -0.647. The average molecular weight is 287 g/mol. The lowest BCUT2D eigenvalue weighted by Gasteiger charge is -2.13. The zero-order chi connectivity index (χ0) is 14.9. The van der Waals surface area contributed by atoms with Crippen LogP contribution in [-0.4, -0.2) is 22.0 Å². The highest BCUT2D eigenvalue weighted by Crippen LogP contribution is 2.29. The van der Waals surface area contributed by atoms with Crippen LogP contribution in [0.15, 0.2) is 35.1 Å². The van der Waals surface area contributed by atoms with Crippen LogP contribution >= 0.6 is 0 Å². The van der Waals surface area contributed by atoms with E-state index < -0.39 is 30.2 Å². The molecule has 0 bridgehead atoms.